The lowest BCUT2D eigenvalue weighted by molar-refractivity contribution is 1.11. The molecule has 0 saturated heterocycles. The first kappa shape index (κ1) is 30.8. The van der Waals surface area contributed by atoms with Crippen molar-refractivity contribution in [3.63, 3.8) is 0 Å². The zero-order chi connectivity index (χ0) is 35.3. The van der Waals surface area contributed by atoms with Gasteiger partial charge in [-0.3, -0.25) is 0 Å². The number of benzene rings is 8. The van der Waals surface area contributed by atoms with Crippen molar-refractivity contribution in [2.75, 3.05) is 0 Å². The standard InChI is InChI=1S/C49H32N4/c1-31-23-24-50-48(51-31)38-19-9-17-36(25-38)39-26-40(43-29-37-18-8-15-34-21-22-35-16-10-20-42(43)47(35)46(34)37)28-41(27-39)49-52-44(32-11-4-2-5-12-32)30-45(53-49)33-13-6-3-7-14-33/h2-30H,1H3. The van der Waals surface area contributed by atoms with E-state index in [1.54, 1.807) is 0 Å². The number of rotatable bonds is 6. The molecule has 0 radical (unpaired) electrons. The van der Waals surface area contributed by atoms with Crippen LogP contribution in [0.4, 0.5) is 0 Å². The number of hydrogen-bond donors (Lipinski definition) is 0. The normalized spacial score (nSPS) is 11.5. The molecule has 0 atom stereocenters. The molecule has 10 aromatic rings. The molecule has 4 nitrogen and oxygen atoms in total. The first-order valence-corrected chi connectivity index (χ1v) is 17.9. The highest BCUT2D eigenvalue weighted by Gasteiger charge is 2.18. The summed E-state index contributed by atoms with van der Waals surface area (Å²) in [4.78, 5) is 19.8. The van der Waals surface area contributed by atoms with Gasteiger partial charge in [-0.15, -0.1) is 0 Å². The van der Waals surface area contributed by atoms with Crippen LogP contribution in [-0.4, -0.2) is 19.9 Å². The smallest absolute Gasteiger partial charge is 0.160 e. The highest BCUT2D eigenvalue weighted by Crippen LogP contribution is 2.42. The van der Waals surface area contributed by atoms with Gasteiger partial charge in [0.15, 0.2) is 11.6 Å². The predicted octanol–water partition coefficient (Wildman–Crippen LogP) is 12.5. The van der Waals surface area contributed by atoms with Gasteiger partial charge < -0.3 is 0 Å². The summed E-state index contributed by atoms with van der Waals surface area (Å²) in [6, 6.07) is 60.0. The Labute approximate surface area is 307 Å². The molecule has 2 aromatic heterocycles. The molecule has 0 fully saturated rings. The number of nitrogens with zero attached hydrogens (tertiary/aromatic N) is 4. The van der Waals surface area contributed by atoms with E-state index < -0.39 is 0 Å². The first-order chi connectivity index (χ1) is 26.1. The summed E-state index contributed by atoms with van der Waals surface area (Å²) in [5.74, 6) is 1.38. The average molecular weight is 677 g/mol. The minimum atomic E-state index is 0.670. The van der Waals surface area contributed by atoms with Crippen molar-refractivity contribution in [1.82, 2.24) is 19.9 Å². The molecule has 0 amide bonds. The van der Waals surface area contributed by atoms with Gasteiger partial charge in [0.25, 0.3) is 0 Å². The first-order valence-electron chi connectivity index (χ1n) is 17.9. The second kappa shape index (κ2) is 12.6. The fourth-order valence-electron chi connectivity index (χ4n) is 7.60. The molecule has 0 N–H and O–H groups in total. The second-order valence-electron chi connectivity index (χ2n) is 13.6. The van der Waals surface area contributed by atoms with E-state index in [2.05, 4.69) is 157 Å². The van der Waals surface area contributed by atoms with Crippen molar-refractivity contribution in [2.24, 2.45) is 0 Å². The van der Waals surface area contributed by atoms with Gasteiger partial charge in [-0.2, -0.15) is 0 Å². The van der Waals surface area contributed by atoms with Crippen LogP contribution < -0.4 is 0 Å². The highest BCUT2D eigenvalue weighted by molar-refractivity contribution is 6.26. The van der Waals surface area contributed by atoms with Crippen LogP contribution in [0.5, 0.6) is 0 Å². The van der Waals surface area contributed by atoms with E-state index in [-0.39, 0.29) is 0 Å². The Bertz CT molecular complexity index is 2900. The fourth-order valence-corrected chi connectivity index (χ4v) is 7.60. The summed E-state index contributed by atoms with van der Waals surface area (Å²) in [7, 11) is 0. The van der Waals surface area contributed by atoms with Crippen molar-refractivity contribution in [3.8, 4) is 67.5 Å². The molecule has 10 rings (SSSR count). The summed E-state index contributed by atoms with van der Waals surface area (Å²) >= 11 is 0. The minimum Gasteiger partial charge on any atom is -0.237 e. The summed E-state index contributed by atoms with van der Waals surface area (Å²) in [5, 5.41) is 7.53. The predicted molar refractivity (Wildman–Crippen MR) is 219 cm³/mol. The summed E-state index contributed by atoms with van der Waals surface area (Å²) in [6.07, 6.45) is 1.82. The maximum atomic E-state index is 5.25. The van der Waals surface area contributed by atoms with Gasteiger partial charge in [0, 0.05) is 34.1 Å². The summed E-state index contributed by atoms with van der Waals surface area (Å²) in [5.41, 5.74) is 11.1. The third-order valence-electron chi connectivity index (χ3n) is 10.1. The Morgan fingerprint density at radius 1 is 0.358 bits per heavy atom. The fraction of sp³-hybridized carbons (Fsp3) is 0.0204. The van der Waals surface area contributed by atoms with E-state index in [4.69, 9.17) is 15.0 Å². The summed E-state index contributed by atoms with van der Waals surface area (Å²) < 4.78 is 0. The van der Waals surface area contributed by atoms with E-state index in [9.17, 15) is 0 Å². The van der Waals surface area contributed by atoms with E-state index >= 15 is 0 Å². The Kier molecular flexibility index (Phi) is 7.33. The molecular weight excluding hydrogens is 645 g/mol. The van der Waals surface area contributed by atoms with Crippen LogP contribution in [0, 0.1) is 6.92 Å². The molecule has 0 aliphatic rings. The van der Waals surface area contributed by atoms with Crippen molar-refractivity contribution >= 4 is 32.3 Å². The van der Waals surface area contributed by atoms with Crippen LogP contribution in [0.3, 0.4) is 0 Å². The molecule has 53 heavy (non-hydrogen) atoms. The third kappa shape index (κ3) is 5.58. The monoisotopic (exact) mass is 676 g/mol. The Hall–Kier alpha value is -7.04. The molecule has 0 aliphatic carbocycles. The number of aromatic nitrogens is 4. The number of hydrogen-bond acceptors (Lipinski definition) is 4. The zero-order valence-corrected chi connectivity index (χ0v) is 29.0. The Morgan fingerprint density at radius 2 is 0.943 bits per heavy atom. The molecule has 0 spiro atoms. The quantitative estimate of drug-likeness (QED) is 0.165. The third-order valence-corrected chi connectivity index (χ3v) is 10.1. The lowest BCUT2D eigenvalue weighted by Crippen LogP contribution is -1.97. The molecule has 4 heteroatoms. The summed E-state index contributed by atoms with van der Waals surface area (Å²) in [6.45, 7) is 2.00. The van der Waals surface area contributed by atoms with E-state index in [1.807, 2.05) is 31.3 Å². The minimum absolute atomic E-state index is 0.670. The van der Waals surface area contributed by atoms with Crippen LogP contribution in [0.2, 0.25) is 0 Å². The molecular formula is C49H32N4. The van der Waals surface area contributed by atoms with Crippen molar-refractivity contribution in [1.29, 1.82) is 0 Å². The lowest BCUT2D eigenvalue weighted by atomic mass is 9.87. The maximum absolute atomic E-state index is 5.25. The lowest BCUT2D eigenvalue weighted by Gasteiger charge is -2.17. The Morgan fingerprint density at radius 3 is 1.68 bits per heavy atom. The molecule has 8 aromatic carbocycles. The molecule has 248 valence electrons. The van der Waals surface area contributed by atoms with Gasteiger partial charge in [-0.1, -0.05) is 127 Å². The van der Waals surface area contributed by atoms with Crippen molar-refractivity contribution in [3.05, 3.63) is 182 Å². The van der Waals surface area contributed by atoms with E-state index in [1.165, 1.54) is 37.9 Å². The largest absolute Gasteiger partial charge is 0.237 e. The molecule has 2 heterocycles. The molecule has 0 unspecified atom stereocenters. The van der Waals surface area contributed by atoms with E-state index in [0.29, 0.717) is 11.6 Å². The van der Waals surface area contributed by atoms with Gasteiger partial charge in [0.05, 0.1) is 11.4 Å². The molecule has 0 bridgehead atoms. The van der Waals surface area contributed by atoms with Gasteiger partial charge in [-0.05, 0) is 104 Å². The zero-order valence-electron chi connectivity index (χ0n) is 29.0. The van der Waals surface area contributed by atoms with Gasteiger partial charge in [0.1, 0.15) is 0 Å². The Balaban J connectivity index is 1.25. The van der Waals surface area contributed by atoms with Crippen LogP contribution in [-0.2, 0) is 0 Å². The second-order valence-corrected chi connectivity index (χ2v) is 13.6. The van der Waals surface area contributed by atoms with Gasteiger partial charge in [-0.25, -0.2) is 19.9 Å². The van der Waals surface area contributed by atoms with Gasteiger partial charge in [0.2, 0.25) is 0 Å². The topological polar surface area (TPSA) is 51.6 Å². The average Bonchev–Trinajstić information content (AvgIpc) is 3.23. The molecule has 0 aliphatic heterocycles. The van der Waals surface area contributed by atoms with Crippen LogP contribution in [0.25, 0.3) is 99.9 Å². The van der Waals surface area contributed by atoms with Crippen LogP contribution in [0.1, 0.15) is 5.69 Å². The van der Waals surface area contributed by atoms with Crippen LogP contribution >= 0.6 is 0 Å². The van der Waals surface area contributed by atoms with E-state index in [0.717, 1.165) is 56.0 Å². The van der Waals surface area contributed by atoms with Crippen LogP contribution in [0.15, 0.2) is 176 Å². The van der Waals surface area contributed by atoms with Gasteiger partial charge >= 0.3 is 0 Å². The SMILES string of the molecule is Cc1ccnc(-c2cccc(-c3cc(-c4nc(-c5ccccc5)cc(-c5ccccc5)n4)cc(-c4cc5cccc6ccc7cccc4c7c65)c3)c2)n1. The highest BCUT2D eigenvalue weighted by atomic mass is 14.9. The number of aryl methyl sites for hydroxylation is 1. The molecule has 0 saturated carbocycles. The van der Waals surface area contributed by atoms with Crippen molar-refractivity contribution < 1.29 is 0 Å². The van der Waals surface area contributed by atoms with Crippen molar-refractivity contribution in [2.45, 2.75) is 6.92 Å². The maximum Gasteiger partial charge on any atom is 0.160 e.